The van der Waals surface area contributed by atoms with Crippen molar-refractivity contribution < 1.29 is 9.53 Å². The minimum Gasteiger partial charge on any atom is -0.373 e. The lowest BCUT2D eigenvalue weighted by molar-refractivity contribution is -0.108. The van der Waals surface area contributed by atoms with Gasteiger partial charge in [0.05, 0.1) is 12.7 Å². The zero-order valence-electron chi connectivity index (χ0n) is 9.47. The Morgan fingerprint density at radius 2 is 2.06 bits per heavy atom. The van der Waals surface area contributed by atoms with Crippen molar-refractivity contribution >= 4 is 6.29 Å². The second kappa shape index (κ2) is 7.83. The first-order valence-electron chi connectivity index (χ1n) is 5.57. The van der Waals surface area contributed by atoms with Crippen LogP contribution in [0.5, 0.6) is 0 Å². The molecule has 0 aliphatic rings. The van der Waals surface area contributed by atoms with Crippen LogP contribution in [0.3, 0.4) is 0 Å². The number of benzene rings is 1. The average Bonchev–Trinajstić information content (AvgIpc) is 2.34. The number of hydrogen-bond donors (Lipinski definition) is 0. The van der Waals surface area contributed by atoms with Gasteiger partial charge in [-0.05, 0) is 18.4 Å². The summed E-state index contributed by atoms with van der Waals surface area (Å²) >= 11 is 0. The highest BCUT2D eigenvalue weighted by molar-refractivity contribution is 5.49. The first-order chi connectivity index (χ1) is 7.86. The van der Waals surface area contributed by atoms with Crippen molar-refractivity contribution in [2.75, 3.05) is 0 Å². The molecule has 0 saturated carbocycles. The molecule has 2 heteroatoms. The van der Waals surface area contributed by atoms with Crippen LogP contribution in [0.25, 0.3) is 0 Å². The number of carbonyl (C=O) groups excluding carboxylic acids is 1. The van der Waals surface area contributed by atoms with Gasteiger partial charge in [0.15, 0.2) is 0 Å². The van der Waals surface area contributed by atoms with E-state index in [9.17, 15) is 4.79 Å². The molecule has 0 bridgehead atoms. The molecule has 1 aromatic rings. The fourth-order valence-corrected chi connectivity index (χ4v) is 1.50. The molecule has 0 fully saturated rings. The number of carbonyl (C=O) groups is 1. The van der Waals surface area contributed by atoms with Crippen LogP contribution in [-0.2, 0) is 16.1 Å². The predicted molar refractivity (Wildman–Crippen MR) is 65.1 cm³/mol. The van der Waals surface area contributed by atoms with Gasteiger partial charge >= 0.3 is 0 Å². The first kappa shape index (κ1) is 12.7. The summed E-state index contributed by atoms with van der Waals surface area (Å²) in [5.74, 6) is 0. The Balaban J connectivity index is 2.36. The summed E-state index contributed by atoms with van der Waals surface area (Å²) in [7, 11) is 0. The fourth-order valence-electron chi connectivity index (χ4n) is 1.50. The highest BCUT2D eigenvalue weighted by Crippen LogP contribution is 2.10. The van der Waals surface area contributed by atoms with Crippen molar-refractivity contribution in [3.8, 4) is 0 Å². The molecule has 0 heterocycles. The summed E-state index contributed by atoms with van der Waals surface area (Å²) in [6.07, 6.45) is 4.97. The molecular formula is C14H18O2. The van der Waals surface area contributed by atoms with E-state index in [1.54, 1.807) is 0 Å². The smallest absolute Gasteiger partial charge is 0.120 e. The molecule has 0 aromatic heterocycles. The summed E-state index contributed by atoms with van der Waals surface area (Å²) in [4.78, 5) is 10.3. The predicted octanol–water partition coefficient (Wildman–Crippen LogP) is 3.13. The van der Waals surface area contributed by atoms with E-state index in [4.69, 9.17) is 4.74 Å². The molecule has 1 rings (SSSR count). The van der Waals surface area contributed by atoms with Crippen LogP contribution in [0.4, 0.5) is 0 Å². The fraction of sp³-hybridized carbons (Fsp3) is 0.357. The third kappa shape index (κ3) is 4.89. The number of rotatable bonds is 8. The van der Waals surface area contributed by atoms with Gasteiger partial charge in [-0.25, -0.2) is 0 Å². The van der Waals surface area contributed by atoms with Gasteiger partial charge in [-0.3, -0.25) is 0 Å². The van der Waals surface area contributed by atoms with Crippen molar-refractivity contribution in [3.05, 3.63) is 48.6 Å². The molecule has 0 saturated heterocycles. The standard InChI is InChI=1S/C14H18O2/c1-2-7-14(10-6-11-15)16-12-13-8-4-3-5-9-13/h2-5,8-9,11,14H,1,6-7,10,12H2. The van der Waals surface area contributed by atoms with Gasteiger partial charge in [0.25, 0.3) is 0 Å². The number of hydrogen-bond acceptors (Lipinski definition) is 2. The molecule has 0 N–H and O–H groups in total. The summed E-state index contributed by atoms with van der Waals surface area (Å²) in [5, 5.41) is 0. The van der Waals surface area contributed by atoms with E-state index in [-0.39, 0.29) is 6.10 Å². The second-order valence-electron chi connectivity index (χ2n) is 3.69. The summed E-state index contributed by atoms with van der Waals surface area (Å²) < 4.78 is 5.74. The number of aldehydes is 1. The first-order valence-corrected chi connectivity index (χ1v) is 5.57. The summed E-state index contributed by atoms with van der Waals surface area (Å²) in [6.45, 7) is 4.29. The van der Waals surface area contributed by atoms with Crippen LogP contribution < -0.4 is 0 Å². The normalized spacial score (nSPS) is 12.0. The van der Waals surface area contributed by atoms with E-state index in [1.807, 2.05) is 36.4 Å². The van der Waals surface area contributed by atoms with Crippen LogP contribution in [0, 0.1) is 0 Å². The van der Waals surface area contributed by atoms with Crippen molar-refractivity contribution in [2.45, 2.75) is 32.0 Å². The highest BCUT2D eigenvalue weighted by atomic mass is 16.5. The maximum atomic E-state index is 10.3. The third-order valence-corrected chi connectivity index (χ3v) is 2.36. The Labute approximate surface area is 96.9 Å². The molecule has 2 nitrogen and oxygen atoms in total. The molecule has 0 aliphatic carbocycles. The Bertz CT molecular complexity index is 306. The Hall–Kier alpha value is -1.41. The molecule has 86 valence electrons. The largest absolute Gasteiger partial charge is 0.373 e. The van der Waals surface area contributed by atoms with Crippen LogP contribution in [0.2, 0.25) is 0 Å². The minimum absolute atomic E-state index is 0.0999. The SMILES string of the molecule is C=CCC(CCC=O)OCc1ccccc1. The van der Waals surface area contributed by atoms with Gasteiger partial charge < -0.3 is 9.53 Å². The molecule has 0 amide bonds. The lowest BCUT2D eigenvalue weighted by atomic mass is 10.1. The van der Waals surface area contributed by atoms with Crippen LogP contribution in [-0.4, -0.2) is 12.4 Å². The Kier molecular flexibility index (Phi) is 6.19. The van der Waals surface area contributed by atoms with Gasteiger partial charge in [-0.15, -0.1) is 6.58 Å². The average molecular weight is 218 g/mol. The minimum atomic E-state index is 0.0999. The van der Waals surface area contributed by atoms with Crippen molar-refractivity contribution in [2.24, 2.45) is 0 Å². The molecule has 1 atom stereocenters. The van der Waals surface area contributed by atoms with Gasteiger partial charge in [-0.2, -0.15) is 0 Å². The number of ether oxygens (including phenoxy) is 1. The Morgan fingerprint density at radius 3 is 2.69 bits per heavy atom. The molecule has 0 radical (unpaired) electrons. The molecule has 1 aromatic carbocycles. The molecule has 0 aliphatic heterocycles. The highest BCUT2D eigenvalue weighted by Gasteiger charge is 2.06. The molecular weight excluding hydrogens is 200 g/mol. The Morgan fingerprint density at radius 1 is 1.31 bits per heavy atom. The summed E-state index contributed by atoms with van der Waals surface area (Å²) in [6, 6.07) is 10.0. The van der Waals surface area contributed by atoms with Crippen molar-refractivity contribution in [1.82, 2.24) is 0 Å². The van der Waals surface area contributed by atoms with Gasteiger partial charge in [0.2, 0.25) is 0 Å². The lowest BCUT2D eigenvalue weighted by Gasteiger charge is -2.15. The third-order valence-electron chi connectivity index (χ3n) is 2.36. The van der Waals surface area contributed by atoms with Crippen LogP contribution in [0.1, 0.15) is 24.8 Å². The van der Waals surface area contributed by atoms with Crippen LogP contribution in [0.15, 0.2) is 43.0 Å². The summed E-state index contributed by atoms with van der Waals surface area (Å²) in [5.41, 5.74) is 1.16. The molecule has 1 unspecified atom stereocenters. The van der Waals surface area contributed by atoms with Crippen molar-refractivity contribution in [3.63, 3.8) is 0 Å². The molecule has 0 spiro atoms. The van der Waals surface area contributed by atoms with E-state index in [1.165, 1.54) is 0 Å². The van der Waals surface area contributed by atoms with E-state index in [0.29, 0.717) is 13.0 Å². The second-order valence-corrected chi connectivity index (χ2v) is 3.69. The lowest BCUT2D eigenvalue weighted by Crippen LogP contribution is -2.12. The van der Waals surface area contributed by atoms with E-state index < -0.39 is 0 Å². The van der Waals surface area contributed by atoms with Crippen LogP contribution >= 0.6 is 0 Å². The topological polar surface area (TPSA) is 26.3 Å². The monoisotopic (exact) mass is 218 g/mol. The maximum Gasteiger partial charge on any atom is 0.120 e. The zero-order valence-corrected chi connectivity index (χ0v) is 9.47. The van der Waals surface area contributed by atoms with Gasteiger partial charge in [-0.1, -0.05) is 36.4 Å². The van der Waals surface area contributed by atoms with E-state index >= 15 is 0 Å². The van der Waals surface area contributed by atoms with Gasteiger partial charge in [0, 0.05) is 6.42 Å². The van der Waals surface area contributed by atoms with E-state index in [0.717, 1.165) is 24.7 Å². The van der Waals surface area contributed by atoms with Gasteiger partial charge in [0.1, 0.15) is 6.29 Å². The van der Waals surface area contributed by atoms with E-state index in [2.05, 4.69) is 6.58 Å². The van der Waals surface area contributed by atoms with Crippen molar-refractivity contribution in [1.29, 1.82) is 0 Å². The maximum absolute atomic E-state index is 10.3. The zero-order chi connectivity index (χ0) is 11.6. The quantitative estimate of drug-likeness (QED) is 0.495. The molecule has 16 heavy (non-hydrogen) atoms.